The minimum Gasteiger partial charge on any atom is -0.381 e. The number of carbonyl (C=O) groups is 1. The highest BCUT2D eigenvalue weighted by Gasteiger charge is 2.28. The van der Waals surface area contributed by atoms with E-state index in [0.29, 0.717) is 53.7 Å². The number of piperidine rings is 1. The minimum absolute atomic E-state index is 0.0661. The molecule has 2 aliphatic heterocycles. The molecule has 0 aliphatic carbocycles. The SMILES string of the molecule is N#Cc1ccccc1N1CCC(Nc2cc(C(=O)N3CCN(c4ccccc4S(N)(=O)=O)CC3)c(Cl)cc2Cl)CC1. The first kappa shape index (κ1) is 29.0. The summed E-state index contributed by atoms with van der Waals surface area (Å²) in [6.45, 7) is 3.24. The van der Waals surface area contributed by atoms with Crippen LogP contribution in [0.25, 0.3) is 0 Å². The third-order valence-electron chi connectivity index (χ3n) is 7.59. The van der Waals surface area contributed by atoms with Crippen LogP contribution in [0.2, 0.25) is 10.0 Å². The second-order valence-corrected chi connectivity index (χ2v) is 12.5. The number of primary sulfonamides is 1. The summed E-state index contributed by atoms with van der Waals surface area (Å²) >= 11 is 13.0. The molecule has 5 rings (SSSR count). The van der Waals surface area contributed by atoms with E-state index in [1.807, 2.05) is 29.2 Å². The third-order valence-corrected chi connectivity index (χ3v) is 9.17. The van der Waals surface area contributed by atoms with Crippen LogP contribution in [0.1, 0.15) is 28.8 Å². The van der Waals surface area contributed by atoms with Gasteiger partial charge in [-0.1, -0.05) is 47.5 Å². The fourth-order valence-corrected chi connectivity index (χ4v) is 6.71. The van der Waals surface area contributed by atoms with Crippen LogP contribution in [0.15, 0.2) is 65.6 Å². The average Bonchev–Trinajstić information content (AvgIpc) is 2.98. The molecule has 0 radical (unpaired) electrons. The van der Waals surface area contributed by atoms with Crippen molar-refractivity contribution in [3.8, 4) is 6.07 Å². The molecule has 1 amide bonds. The van der Waals surface area contributed by atoms with Crippen molar-refractivity contribution in [2.24, 2.45) is 5.14 Å². The number of benzene rings is 3. The van der Waals surface area contributed by atoms with Crippen molar-refractivity contribution in [1.29, 1.82) is 5.26 Å². The number of nitrogens with one attached hydrogen (secondary N) is 1. The zero-order chi connectivity index (χ0) is 29.1. The van der Waals surface area contributed by atoms with Crippen molar-refractivity contribution in [2.45, 2.75) is 23.8 Å². The van der Waals surface area contributed by atoms with Gasteiger partial charge in [-0.3, -0.25) is 4.79 Å². The van der Waals surface area contributed by atoms with E-state index >= 15 is 0 Å². The lowest BCUT2D eigenvalue weighted by Crippen LogP contribution is -2.49. The summed E-state index contributed by atoms with van der Waals surface area (Å²) in [7, 11) is -3.88. The lowest BCUT2D eigenvalue weighted by Gasteiger charge is -2.37. The van der Waals surface area contributed by atoms with E-state index in [1.54, 1.807) is 35.2 Å². The van der Waals surface area contributed by atoms with Crippen LogP contribution in [0.4, 0.5) is 17.1 Å². The maximum Gasteiger partial charge on any atom is 0.255 e. The van der Waals surface area contributed by atoms with Crippen molar-refractivity contribution in [1.82, 2.24) is 4.90 Å². The normalized spacial score (nSPS) is 16.4. The predicted molar refractivity (Wildman–Crippen MR) is 162 cm³/mol. The molecule has 214 valence electrons. The van der Waals surface area contributed by atoms with Crippen molar-refractivity contribution < 1.29 is 13.2 Å². The Morgan fingerprint density at radius 1 is 0.878 bits per heavy atom. The van der Waals surface area contributed by atoms with Gasteiger partial charge in [0, 0.05) is 45.3 Å². The number of nitrogens with zero attached hydrogens (tertiary/aromatic N) is 4. The number of amides is 1. The molecule has 9 nitrogen and oxygen atoms in total. The fraction of sp³-hybridized carbons (Fsp3) is 0.310. The molecule has 2 heterocycles. The monoisotopic (exact) mass is 612 g/mol. The molecule has 2 saturated heterocycles. The van der Waals surface area contributed by atoms with Crippen LogP contribution in [0, 0.1) is 11.3 Å². The summed E-state index contributed by atoms with van der Waals surface area (Å²) in [6.07, 6.45) is 1.67. The Bertz CT molecular complexity index is 1590. The van der Waals surface area contributed by atoms with Crippen LogP contribution >= 0.6 is 23.2 Å². The first-order valence-corrected chi connectivity index (χ1v) is 15.6. The molecule has 2 aliphatic rings. The quantitative estimate of drug-likeness (QED) is 0.418. The number of hydrogen-bond donors (Lipinski definition) is 2. The smallest absolute Gasteiger partial charge is 0.255 e. The van der Waals surface area contributed by atoms with E-state index in [9.17, 15) is 18.5 Å². The molecular formula is C29H30Cl2N6O3S. The number of carbonyl (C=O) groups excluding carboxylic acids is 1. The average molecular weight is 614 g/mol. The largest absolute Gasteiger partial charge is 0.381 e. The Morgan fingerprint density at radius 3 is 2.15 bits per heavy atom. The molecule has 2 fully saturated rings. The van der Waals surface area contributed by atoms with Crippen LogP contribution in [-0.2, 0) is 10.0 Å². The zero-order valence-electron chi connectivity index (χ0n) is 22.3. The summed E-state index contributed by atoms with van der Waals surface area (Å²) in [5.41, 5.74) is 3.14. The van der Waals surface area contributed by atoms with E-state index in [2.05, 4.69) is 16.3 Å². The molecule has 0 atom stereocenters. The van der Waals surface area contributed by atoms with Crippen molar-refractivity contribution in [2.75, 3.05) is 54.4 Å². The minimum atomic E-state index is -3.88. The molecule has 3 N–H and O–H groups in total. The van der Waals surface area contributed by atoms with Crippen molar-refractivity contribution in [3.05, 3.63) is 81.8 Å². The maximum absolute atomic E-state index is 13.5. The Morgan fingerprint density at radius 2 is 1.49 bits per heavy atom. The van der Waals surface area contributed by atoms with E-state index in [-0.39, 0.29) is 21.9 Å². The number of nitrogens with two attached hydrogens (primary N) is 1. The topological polar surface area (TPSA) is 123 Å². The number of rotatable bonds is 6. The first-order valence-electron chi connectivity index (χ1n) is 13.3. The standard InChI is InChI=1S/C29H30Cl2N6O3S/c30-23-18-24(31)25(34-21-9-11-35(12-10-21)26-6-2-1-5-20(26)19-32)17-22(23)29(38)37-15-13-36(14-16-37)27-7-3-4-8-28(27)41(33,39)40/h1-8,17-18,21,34H,9-16H2,(H2,33,39,40). The fourth-order valence-electron chi connectivity index (χ4n) is 5.43. The maximum atomic E-state index is 13.5. The Balaban J connectivity index is 1.24. The zero-order valence-corrected chi connectivity index (χ0v) is 24.6. The number of sulfonamides is 1. The van der Waals surface area contributed by atoms with Crippen molar-refractivity contribution in [3.63, 3.8) is 0 Å². The van der Waals surface area contributed by atoms with Gasteiger partial charge in [0.25, 0.3) is 5.91 Å². The molecule has 12 heteroatoms. The molecule has 41 heavy (non-hydrogen) atoms. The second kappa shape index (κ2) is 12.2. The van der Waals surface area contributed by atoms with Gasteiger partial charge >= 0.3 is 0 Å². The number of hydrogen-bond acceptors (Lipinski definition) is 7. The summed E-state index contributed by atoms with van der Waals surface area (Å²) in [4.78, 5) is 19.4. The van der Waals surface area contributed by atoms with Gasteiger partial charge in [0.1, 0.15) is 11.0 Å². The highest BCUT2D eigenvalue weighted by atomic mass is 35.5. The van der Waals surface area contributed by atoms with Gasteiger partial charge in [-0.05, 0) is 49.2 Å². The molecule has 0 bridgehead atoms. The Kier molecular flexibility index (Phi) is 8.61. The third kappa shape index (κ3) is 6.39. The summed E-state index contributed by atoms with van der Waals surface area (Å²) in [6, 6.07) is 19.9. The molecule has 0 saturated carbocycles. The lowest BCUT2D eigenvalue weighted by molar-refractivity contribution is 0.0747. The van der Waals surface area contributed by atoms with E-state index in [1.165, 1.54) is 6.07 Å². The number of nitriles is 1. The Hall–Kier alpha value is -3.49. The van der Waals surface area contributed by atoms with Gasteiger partial charge in [0.15, 0.2) is 0 Å². The number of para-hydroxylation sites is 2. The first-order chi connectivity index (χ1) is 19.7. The van der Waals surface area contributed by atoms with Gasteiger partial charge in [0.2, 0.25) is 10.0 Å². The van der Waals surface area contributed by atoms with E-state index < -0.39 is 10.0 Å². The van der Waals surface area contributed by atoms with Gasteiger partial charge in [-0.25, -0.2) is 13.6 Å². The van der Waals surface area contributed by atoms with Gasteiger partial charge in [0.05, 0.1) is 38.2 Å². The van der Waals surface area contributed by atoms with Gasteiger partial charge in [-0.15, -0.1) is 0 Å². The predicted octanol–water partition coefficient (Wildman–Crippen LogP) is 4.56. The molecule has 3 aromatic rings. The Labute approximate surface area is 250 Å². The van der Waals surface area contributed by atoms with Crippen LogP contribution in [-0.4, -0.2) is 64.5 Å². The molecule has 0 unspecified atom stereocenters. The van der Waals surface area contributed by atoms with Crippen LogP contribution in [0.5, 0.6) is 0 Å². The molecule has 0 aromatic heterocycles. The number of anilines is 3. The van der Waals surface area contributed by atoms with Crippen LogP contribution in [0.3, 0.4) is 0 Å². The lowest BCUT2D eigenvalue weighted by atomic mass is 10.0. The van der Waals surface area contributed by atoms with Gasteiger partial charge < -0.3 is 20.0 Å². The molecular weight excluding hydrogens is 583 g/mol. The summed E-state index contributed by atoms with van der Waals surface area (Å²) in [5.74, 6) is -0.211. The summed E-state index contributed by atoms with van der Waals surface area (Å²) < 4.78 is 24.1. The molecule has 3 aromatic carbocycles. The number of halogens is 2. The number of piperazine rings is 1. The second-order valence-electron chi connectivity index (χ2n) is 10.1. The van der Waals surface area contributed by atoms with Gasteiger partial charge in [-0.2, -0.15) is 5.26 Å². The van der Waals surface area contributed by atoms with Crippen LogP contribution < -0.4 is 20.3 Å². The summed E-state index contributed by atoms with van der Waals surface area (Å²) in [5, 5.41) is 19.1. The van der Waals surface area contributed by atoms with E-state index in [4.69, 9.17) is 28.3 Å². The van der Waals surface area contributed by atoms with E-state index in [0.717, 1.165) is 31.6 Å². The molecule has 0 spiro atoms. The highest BCUT2D eigenvalue weighted by molar-refractivity contribution is 7.89. The van der Waals surface area contributed by atoms with Crippen molar-refractivity contribution >= 4 is 56.2 Å². The highest BCUT2D eigenvalue weighted by Crippen LogP contribution is 2.33.